The van der Waals surface area contributed by atoms with Crippen LogP contribution in [0.5, 0.6) is 0 Å². The first kappa shape index (κ1) is 13.5. The first-order valence-electron chi connectivity index (χ1n) is 5.85. The van der Waals surface area contributed by atoms with E-state index in [1.807, 2.05) is 0 Å². The van der Waals surface area contributed by atoms with Gasteiger partial charge in [-0.25, -0.2) is 4.79 Å². The van der Waals surface area contributed by atoms with Crippen molar-refractivity contribution in [2.75, 3.05) is 12.3 Å². The summed E-state index contributed by atoms with van der Waals surface area (Å²) in [4.78, 5) is 26.4. The zero-order chi connectivity index (χ0) is 14.5. The highest BCUT2D eigenvalue weighted by Gasteiger charge is 2.12. The second-order valence-corrected chi connectivity index (χ2v) is 4.01. The number of carbonyl (C=O) groups excluding carboxylic acids is 1. The molecule has 0 radical (unpaired) electrons. The van der Waals surface area contributed by atoms with E-state index in [2.05, 4.69) is 20.5 Å². The van der Waals surface area contributed by atoms with Crippen LogP contribution in [0.4, 0.5) is 5.95 Å². The summed E-state index contributed by atoms with van der Waals surface area (Å²) in [6.45, 7) is 0.281. The third-order valence-corrected chi connectivity index (χ3v) is 2.65. The number of aromatic nitrogens is 3. The van der Waals surface area contributed by atoms with E-state index in [-0.39, 0.29) is 23.9 Å². The largest absolute Gasteiger partial charge is 0.478 e. The van der Waals surface area contributed by atoms with Crippen LogP contribution in [0, 0.1) is 0 Å². The number of rotatable bonds is 5. The number of nitrogen functional groups attached to an aromatic ring is 1. The lowest BCUT2D eigenvalue weighted by atomic mass is 10.0. The molecule has 0 saturated carbocycles. The lowest BCUT2D eigenvalue weighted by Crippen LogP contribution is -2.27. The maximum absolute atomic E-state index is 11.7. The number of aromatic carboxylic acids is 1. The fourth-order valence-electron chi connectivity index (χ4n) is 1.72. The quantitative estimate of drug-likeness (QED) is 0.609. The van der Waals surface area contributed by atoms with Gasteiger partial charge in [0.05, 0.1) is 5.56 Å². The minimum atomic E-state index is -0.991. The Bertz CT molecular complexity index is 638. The molecule has 0 bridgehead atoms. The minimum absolute atomic E-state index is 0.00799. The van der Waals surface area contributed by atoms with Crippen LogP contribution in [0.2, 0.25) is 0 Å². The molecule has 0 aliphatic carbocycles. The Hall–Kier alpha value is -2.90. The summed E-state index contributed by atoms with van der Waals surface area (Å²) >= 11 is 0. The molecule has 20 heavy (non-hydrogen) atoms. The standard InChI is InChI=1S/C12H13N5O3/c13-12-15-9(16-17-12)10(18)14-6-5-7-3-1-2-4-8(7)11(19)20/h1-4H,5-6H2,(H,14,18)(H,19,20)(H3,13,15,16,17). The molecule has 1 amide bonds. The van der Waals surface area contributed by atoms with Gasteiger partial charge in [-0.15, -0.1) is 5.10 Å². The summed E-state index contributed by atoms with van der Waals surface area (Å²) in [7, 11) is 0. The highest BCUT2D eigenvalue weighted by atomic mass is 16.4. The van der Waals surface area contributed by atoms with Crippen LogP contribution in [-0.4, -0.2) is 38.7 Å². The molecule has 5 N–H and O–H groups in total. The van der Waals surface area contributed by atoms with Crippen molar-refractivity contribution < 1.29 is 14.7 Å². The highest BCUT2D eigenvalue weighted by Crippen LogP contribution is 2.09. The predicted octanol–water partition coefficient (Wildman–Crippen LogP) is 0.0576. The number of hydrogen-bond acceptors (Lipinski definition) is 5. The van der Waals surface area contributed by atoms with Crippen molar-refractivity contribution in [2.24, 2.45) is 0 Å². The molecule has 8 heteroatoms. The van der Waals surface area contributed by atoms with Gasteiger partial charge in [0.25, 0.3) is 5.91 Å². The second kappa shape index (κ2) is 5.83. The monoisotopic (exact) mass is 275 g/mol. The number of nitrogens with two attached hydrogens (primary N) is 1. The molecule has 8 nitrogen and oxygen atoms in total. The topological polar surface area (TPSA) is 134 Å². The summed E-state index contributed by atoms with van der Waals surface area (Å²) in [5, 5.41) is 17.6. The van der Waals surface area contributed by atoms with Crippen molar-refractivity contribution in [1.29, 1.82) is 0 Å². The Balaban J connectivity index is 1.93. The van der Waals surface area contributed by atoms with Crippen molar-refractivity contribution in [3.8, 4) is 0 Å². The third-order valence-electron chi connectivity index (χ3n) is 2.65. The maximum atomic E-state index is 11.7. The molecule has 2 aromatic rings. The number of aromatic amines is 1. The molecule has 0 aliphatic heterocycles. The molecule has 0 spiro atoms. The van der Waals surface area contributed by atoms with E-state index >= 15 is 0 Å². The highest BCUT2D eigenvalue weighted by molar-refractivity contribution is 5.91. The SMILES string of the molecule is Nc1n[nH]c(C(=O)NCCc2ccccc2C(=O)O)n1. The zero-order valence-electron chi connectivity index (χ0n) is 10.5. The molecular weight excluding hydrogens is 262 g/mol. The van der Waals surface area contributed by atoms with Gasteiger partial charge in [0, 0.05) is 6.54 Å². The summed E-state index contributed by atoms with van der Waals surface area (Å²) in [5.74, 6) is -1.42. The molecule has 0 unspecified atom stereocenters. The number of anilines is 1. The molecule has 1 aromatic carbocycles. The number of carbonyl (C=O) groups is 2. The molecule has 1 aromatic heterocycles. The molecule has 0 atom stereocenters. The average molecular weight is 275 g/mol. The van der Waals surface area contributed by atoms with Crippen molar-refractivity contribution in [3.63, 3.8) is 0 Å². The van der Waals surface area contributed by atoms with E-state index in [1.165, 1.54) is 6.07 Å². The van der Waals surface area contributed by atoms with E-state index < -0.39 is 11.9 Å². The average Bonchev–Trinajstić information content (AvgIpc) is 2.86. The lowest BCUT2D eigenvalue weighted by Gasteiger charge is -2.06. The molecule has 0 fully saturated rings. The summed E-state index contributed by atoms with van der Waals surface area (Å²) in [6.07, 6.45) is 0.401. The number of carboxylic acid groups (broad SMARTS) is 1. The molecular formula is C12H13N5O3. The van der Waals surface area contributed by atoms with Crippen molar-refractivity contribution >= 4 is 17.8 Å². The van der Waals surface area contributed by atoms with Gasteiger partial charge in [0.15, 0.2) is 0 Å². The van der Waals surface area contributed by atoms with Crippen molar-refractivity contribution in [1.82, 2.24) is 20.5 Å². The zero-order valence-corrected chi connectivity index (χ0v) is 10.5. The van der Waals surface area contributed by atoms with Gasteiger partial charge < -0.3 is 16.2 Å². The van der Waals surface area contributed by atoms with Gasteiger partial charge in [-0.1, -0.05) is 18.2 Å². The smallest absolute Gasteiger partial charge is 0.335 e. The van der Waals surface area contributed by atoms with Crippen LogP contribution in [-0.2, 0) is 6.42 Å². The summed E-state index contributed by atoms with van der Waals surface area (Å²) in [5.41, 5.74) is 6.17. The lowest BCUT2D eigenvalue weighted by molar-refractivity contribution is 0.0695. The van der Waals surface area contributed by atoms with Gasteiger partial charge in [-0.2, -0.15) is 4.98 Å². The van der Waals surface area contributed by atoms with Gasteiger partial charge in [0.1, 0.15) is 0 Å². The number of nitrogens with one attached hydrogen (secondary N) is 2. The third kappa shape index (κ3) is 3.10. The normalized spacial score (nSPS) is 10.2. The number of benzene rings is 1. The number of nitrogens with zero attached hydrogens (tertiary/aromatic N) is 2. The van der Waals surface area contributed by atoms with Crippen molar-refractivity contribution in [3.05, 3.63) is 41.2 Å². The Morgan fingerprint density at radius 1 is 1.35 bits per heavy atom. The van der Waals surface area contributed by atoms with E-state index in [0.29, 0.717) is 12.0 Å². The summed E-state index contributed by atoms with van der Waals surface area (Å²) in [6, 6.07) is 6.64. The fraction of sp³-hybridized carbons (Fsp3) is 0.167. The Kier molecular flexibility index (Phi) is 3.94. The van der Waals surface area contributed by atoms with E-state index in [0.717, 1.165) is 0 Å². The maximum Gasteiger partial charge on any atom is 0.335 e. The number of carboxylic acids is 1. The van der Waals surface area contributed by atoms with Gasteiger partial charge in [-0.05, 0) is 18.1 Å². The van der Waals surface area contributed by atoms with Crippen LogP contribution in [0.3, 0.4) is 0 Å². The molecule has 1 heterocycles. The van der Waals surface area contributed by atoms with E-state index in [4.69, 9.17) is 10.8 Å². The van der Waals surface area contributed by atoms with Crippen LogP contribution in [0.1, 0.15) is 26.5 Å². The van der Waals surface area contributed by atoms with E-state index in [1.54, 1.807) is 18.2 Å². The number of amides is 1. The Morgan fingerprint density at radius 2 is 2.10 bits per heavy atom. The van der Waals surface area contributed by atoms with Crippen LogP contribution in [0.15, 0.2) is 24.3 Å². The molecule has 2 rings (SSSR count). The Morgan fingerprint density at radius 3 is 2.75 bits per heavy atom. The van der Waals surface area contributed by atoms with Crippen LogP contribution < -0.4 is 11.1 Å². The fourth-order valence-corrected chi connectivity index (χ4v) is 1.72. The van der Waals surface area contributed by atoms with Crippen LogP contribution >= 0.6 is 0 Å². The second-order valence-electron chi connectivity index (χ2n) is 4.01. The Labute approximate surface area is 114 Å². The first-order valence-corrected chi connectivity index (χ1v) is 5.85. The first-order chi connectivity index (χ1) is 9.58. The summed E-state index contributed by atoms with van der Waals surface area (Å²) < 4.78 is 0. The minimum Gasteiger partial charge on any atom is -0.478 e. The van der Waals surface area contributed by atoms with Crippen molar-refractivity contribution in [2.45, 2.75) is 6.42 Å². The predicted molar refractivity (Wildman–Crippen MR) is 70.2 cm³/mol. The van der Waals surface area contributed by atoms with Gasteiger partial charge >= 0.3 is 5.97 Å². The molecule has 0 aliphatic rings. The van der Waals surface area contributed by atoms with E-state index in [9.17, 15) is 9.59 Å². The molecule has 104 valence electrons. The molecule has 0 saturated heterocycles. The van der Waals surface area contributed by atoms with Crippen LogP contribution in [0.25, 0.3) is 0 Å². The number of hydrogen-bond donors (Lipinski definition) is 4. The number of H-pyrrole nitrogens is 1. The van der Waals surface area contributed by atoms with Gasteiger partial charge in [-0.3, -0.25) is 9.89 Å². The van der Waals surface area contributed by atoms with Gasteiger partial charge in [0.2, 0.25) is 11.8 Å².